The molecule has 0 aliphatic heterocycles. The molecule has 21 heavy (non-hydrogen) atoms. The summed E-state index contributed by atoms with van der Waals surface area (Å²) in [6.45, 7) is 6.24. The van der Waals surface area contributed by atoms with Crippen molar-refractivity contribution in [1.29, 1.82) is 0 Å². The van der Waals surface area contributed by atoms with E-state index in [4.69, 9.17) is 10.3 Å². The molecule has 0 spiro atoms. The third-order valence-corrected chi connectivity index (χ3v) is 3.79. The van der Waals surface area contributed by atoms with Crippen LogP contribution in [0.3, 0.4) is 0 Å². The molecule has 0 bridgehead atoms. The van der Waals surface area contributed by atoms with Crippen LogP contribution in [0.4, 0.5) is 5.82 Å². The zero-order chi connectivity index (χ0) is 15.0. The second-order valence-corrected chi connectivity index (χ2v) is 5.44. The molecule has 1 aromatic heterocycles. The Balaban J connectivity index is 2.19. The van der Waals surface area contributed by atoms with Crippen LogP contribution in [-0.2, 0) is 0 Å². The topological polar surface area (TPSA) is 52.0 Å². The molecule has 3 heteroatoms. The molecule has 0 radical (unpaired) electrons. The number of anilines is 1. The predicted octanol–water partition coefficient (Wildman–Crippen LogP) is 4.52. The molecule has 0 fully saturated rings. The lowest BCUT2D eigenvalue weighted by molar-refractivity contribution is 0.436. The van der Waals surface area contributed by atoms with Gasteiger partial charge in [0.1, 0.15) is 0 Å². The number of benzene rings is 2. The van der Waals surface area contributed by atoms with Gasteiger partial charge >= 0.3 is 0 Å². The van der Waals surface area contributed by atoms with Crippen LogP contribution in [0.5, 0.6) is 0 Å². The fraction of sp³-hybridized carbons (Fsp3) is 0.167. The van der Waals surface area contributed by atoms with Gasteiger partial charge in [0.05, 0.1) is 5.56 Å². The van der Waals surface area contributed by atoms with E-state index in [1.54, 1.807) is 0 Å². The fourth-order valence-electron chi connectivity index (χ4n) is 2.46. The maximum atomic E-state index is 6.02. The van der Waals surface area contributed by atoms with Gasteiger partial charge in [-0.2, -0.15) is 0 Å². The Kier molecular flexibility index (Phi) is 3.26. The summed E-state index contributed by atoms with van der Waals surface area (Å²) in [6.07, 6.45) is 0. The van der Waals surface area contributed by atoms with Crippen LogP contribution in [0.25, 0.3) is 22.5 Å². The van der Waals surface area contributed by atoms with Crippen molar-refractivity contribution in [2.75, 3.05) is 5.73 Å². The summed E-state index contributed by atoms with van der Waals surface area (Å²) in [4.78, 5) is 0. The molecule has 3 rings (SSSR count). The van der Waals surface area contributed by atoms with Gasteiger partial charge in [0.15, 0.2) is 11.6 Å². The van der Waals surface area contributed by atoms with Crippen LogP contribution < -0.4 is 5.73 Å². The lowest BCUT2D eigenvalue weighted by Crippen LogP contribution is -1.90. The van der Waals surface area contributed by atoms with Crippen molar-refractivity contribution in [1.82, 2.24) is 5.16 Å². The second kappa shape index (κ2) is 5.09. The second-order valence-electron chi connectivity index (χ2n) is 5.44. The molecular weight excluding hydrogens is 260 g/mol. The van der Waals surface area contributed by atoms with E-state index < -0.39 is 0 Å². The Morgan fingerprint density at radius 3 is 2.43 bits per heavy atom. The van der Waals surface area contributed by atoms with E-state index in [1.165, 1.54) is 16.7 Å². The molecule has 1 heterocycles. The van der Waals surface area contributed by atoms with Gasteiger partial charge in [-0.25, -0.2) is 0 Å². The van der Waals surface area contributed by atoms with Gasteiger partial charge in [0.25, 0.3) is 0 Å². The largest absolute Gasteiger partial charge is 0.380 e. The summed E-state index contributed by atoms with van der Waals surface area (Å²) in [7, 11) is 0. The molecular formula is C18H18N2O. The maximum absolute atomic E-state index is 6.02. The van der Waals surface area contributed by atoms with E-state index in [0.29, 0.717) is 5.82 Å². The molecule has 0 saturated carbocycles. The van der Waals surface area contributed by atoms with Crippen molar-refractivity contribution in [3.8, 4) is 22.5 Å². The van der Waals surface area contributed by atoms with Crippen molar-refractivity contribution in [2.24, 2.45) is 0 Å². The SMILES string of the molecule is Cc1cccc(-c2c(N)noc2-c2ccc(C)c(C)c2)c1. The average molecular weight is 278 g/mol. The molecule has 0 unspecified atom stereocenters. The van der Waals surface area contributed by atoms with Crippen LogP contribution in [0.2, 0.25) is 0 Å². The normalized spacial score (nSPS) is 10.8. The van der Waals surface area contributed by atoms with Crippen LogP contribution in [0, 0.1) is 20.8 Å². The zero-order valence-electron chi connectivity index (χ0n) is 12.5. The minimum atomic E-state index is 0.425. The van der Waals surface area contributed by atoms with Crippen molar-refractivity contribution in [3.63, 3.8) is 0 Å². The van der Waals surface area contributed by atoms with Gasteiger partial charge < -0.3 is 10.3 Å². The zero-order valence-corrected chi connectivity index (χ0v) is 12.5. The fourth-order valence-corrected chi connectivity index (χ4v) is 2.46. The Morgan fingerprint density at radius 1 is 0.905 bits per heavy atom. The van der Waals surface area contributed by atoms with E-state index in [1.807, 2.05) is 18.2 Å². The first-order chi connectivity index (χ1) is 10.1. The molecule has 2 N–H and O–H groups in total. The Bertz CT molecular complexity index is 803. The molecule has 3 aromatic rings. The van der Waals surface area contributed by atoms with Gasteiger partial charge in [-0.05, 0) is 43.5 Å². The Morgan fingerprint density at radius 2 is 1.71 bits per heavy atom. The minimum Gasteiger partial charge on any atom is -0.380 e. The van der Waals surface area contributed by atoms with Crippen molar-refractivity contribution in [2.45, 2.75) is 20.8 Å². The first-order valence-corrected chi connectivity index (χ1v) is 6.96. The maximum Gasteiger partial charge on any atom is 0.176 e. The standard InChI is InChI=1S/C18H18N2O/c1-11-5-4-6-14(9-11)16-17(21-20-18(16)19)15-8-7-12(2)13(3)10-15/h4-10H,1-3H3,(H2,19,20). The van der Waals surface area contributed by atoms with Crippen molar-refractivity contribution in [3.05, 3.63) is 59.2 Å². The van der Waals surface area contributed by atoms with E-state index in [9.17, 15) is 0 Å². The first-order valence-electron chi connectivity index (χ1n) is 6.96. The number of nitrogens with zero attached hydrogens (tertiary/aromatic N) is 1. The molecule has 0 aliphatic carbocycles. The van der Waals surface area contributed by atoms with Crippen LogP contribution in [0.15, 0.2) is 47.0 Å². The molecule has 2 aromatic carbocycles. The summed E-state index contributed by atoms with van der Waals surface area (Å²) < 4.78 is 5.50. The highest BCUT2D eigenvalue weighted by Gasteiger charge is 2.18. The van der Waals surface area contributed by atoms with E-state index in [-0.39, 0.29) is 0 Å². The number of nitrogens with two attached hydrogens (primary N) is 1. The quantitative estimate of drug-likeness (QED) is 0.750. The van der Waals surface area contributed by atoms with Gasteiger partial charge in [-0.1, -0.05) is 47.1 Å². The number of nitrogen functional groups attached to an aromatic ring is 1. The van der Waals surface area contributed by atoms with Crippen molar-refractivity contribution < 1.29 is 4.52 Å². The summed E-state index contributed by atoms with van der Waals surface area (Å²) in [5.41, 5.74) is 12.6. The van der Waals surface area contributed by atoms with Crippen molar-refractivity contribution >= 4 is 5.82 Å². The van der Waals surface area contributed by atoms with E-state index >= 15 is 0 Å². The number of hydrogen-bond acceptors (Lipinski definition) is 3. The van der Waals surface area contributed by atoms with Crippen LogP contribution >= 0.6 is 0 Å². The first kappa shape index (κ1) is 13.4. The Labute approximate surface area is 124 Å². The highest BCUT2D eigenvalue weighted by atomic mass is 16.5. The highest BCUT2D eigenvalue weighted by molar-refractivity contribution is 5.86. The average Bonchev–Trinajstić information content (AvgIpc) is 2.84. The van der Waals surface area contributed by atoms with E-state index in [2.05, 4.69) is 50.2 Å². The van der Waals surface area contributed by atoms with Gasteiger partial charge in [-0.15, -0.1) is 0 Å². The summed E-state index contributed by atoms with van der Waals surface area (Å²) in [5.74, 6) is 1.15. The lowest BCUT2D eigenvalue weighted by atomic mass is 9.98. The number of aryl methyl sites for hydroxylation is 3. The molecule has 0 amide bonds. The van der Waals surface area contributed by atoms with Gasteiger partial charge in [-0.3, -0.25) is 0 Å². The van der Waals surface area contributed by atoms with Crippen LogP contribution in [0.1, 0.15) is 16.7 Å². The molecule has 0 aliphatic rings. The number of rotatable bonds is 2. The third kappa shape index (κ3) is 2.42. The van der Waals surface area contributed by atoms with Gasteiger partial charge in [0, 0.05) is 5.56 Å². The van der Waals surface area contributed by atoms with Gasteiger partial charge in [0.2, 0.25) is 0 Å². The van der Waals surface area contributed by atoms with Crippen LogP contribution in [-0.4, -0.2) is 5.16 Å². The summed E-state index contributed by atoms with van der Waals surface area (Å²) in [5, 5.41) is 3.95. The number of hydrogen-bond donors (Lipinski definition) is 1. The lowest BCUT2D eigenvalue weighted by Gasteiger charge is -2.06. The summed E-state index contributed by atoms with van der Waals surface area (Å²) >= 11 is 0. The highest BCUT2D eigenvalue weighted by Crippen LogP contribution is 2.37. The smallest absolute Gasteiger partial charge is 0.176 e. The monoisotopic (exact) mass is 278 g/mol. The number of aromatic nitrogens is 1. The third-order valence-electron chi connectivity index (χ3n) is 3.79. The van der Waals surface area contributed by atoms with E-state index in [0.717, 1.165) is 22.5 Å². The molecule has 0 atom stereocenters. The minimum absolute atomic E-state index is 0.425. The molecule has 106 valence electrons. The predicted molar refractivity (Wildman–Crippen MR) is 86.0 cm³/mol. The summed E-state index contributed by atoms with van der Waals surface area (Å²) in [6, 6.07) is 14.4. The molecule has 3 nitrogen and oxygen atoms in total. The Hall–Kier alpha value is -2.55. The molecule has 0 saturated heterocycles.